The summed E-state index contributed by atoms with van der Waals surface area (Å²) in [6.07, 6.45) is 2.41. The molecule has 0 saturated heterocycles. The average Bonchev–Trinajstić information content (AvgIpc) is 2.11. The zero-order valence-electron chi connectivity index (χ0n) is 8.36. The summed E-state index contributed by atoms with van der Waals surface area (Å²) in [5, 5.41) is 20.5. The lowest BCUT2D eigenvalue weighted by molar-refractivity contribution is -0.125. The van der Waals surface area contributed by atoms with E-state index < -0.39 is 5.92 Å². The first kappa shape index (κ1) is 11.0. The minimum Gasteiger partial charge on any atom is -0.393 e. The molecule has 0 aromatic heterocycles. The van der Waals surface area contributed by atoms with Crippen LogP contribution in [0.1, 0.15) is 32.6 Å². The van der Waals surface area contributed by atoms with E-state index in [0.717, 1.165) is 6.42 Å². The summed E-state index contributed by atoms with van der Waals surface area (Å²) in [6, 6.07) is 2.07. The van der Waals surface area contributed by atoms with Gasteiger partial charge in [-0.15, -0.1) is 0 Å². The Labute approximate surface area is 83.9 Å². The zero-order valence-corrected chi connectivity index (χ0v) is 8.36. The van der Waals surface area contributed by atoms with Crippen LogP contribution in [-0.2, 0) is 4.79 Å². The highest BCUT2D eigenvalue weighted by Gasteiger charge is 2.30. The van der Waals surface area contributed by atoms with Crippen molar-refractivity contribution < 1.29 is 9.90 Å². The van der Waals surface area contributed by atoms with Crippen LogP contribution in [-0.4, -0.2) is 23.2 Å². The van der Waals surface area contributed by atoms with E-state index in [-0.39, 0.29) is 18.1 Å². The molecule has 1 aliphatic rings. The lowest BCUT2D eigenvalue weighted by Crippen LogP contribution is -2.48. The quantitative estimate of drug-likeness (QED) is 0.690. The number of nitrogens with zero attached hydrogens (tertiary/aromatic N) is 1. The van der Waals surface area contributed by atoms with E-state index in [9.17, 15) is 4.79 Å². The second-order valence-corrected chi connectivity index (χ2v) is 3.80. The molecule has 4 nitrogen and oxygen atoms in total. The summed E-state index contributed by atoms with van der Waals surface area (Å²) in [7, 11) is 0. The van der Waals surface area contributed by atoms with Gasteiger partial charge in [-0.1, -0.05) is 13.3 Å². The zero-order chi connectivity index (χ0) is 10.6. The molecule has 1 unspecified atom stereocenters. The first-order chi connectivity index (χ1) is 6.67. The Hall–Kier alpha value is -1.08. The first-order valence-electron chi connectivity index (χ1n) is 5.05. The third-order valence-corrected chi connectivity index (χ3v) is 2.51. The van der Waals surface area contributed by atoms with E-state index in [0.29, 0.717) is 19.3 Å². The van der Waals surface area contributed by atoms with Crippen LogP contribution in [0.4, 0.5) is 0 Å². The Balaban J connectivity index is 2.30. The van der Waals surface area contributed by atoms with Crippen LogP contribution in [0.5, 0.6) is 0 Å². The first-order valence-corrected chi connectivity index (χ1v) is 5.05. The van der Waals surface area contributed by atoms with E-state index >= 15 is 0 Å². The van der Waals surface area contributed by atoms with Crippen LogP contribution >= 0.6 is 0 Å². The Bertz CT molecular complexity index is 241. The predicted octanol–water partition coefficient (Wildman–Crippen LogP) is 0.566. The lowest BCUT2D eigenvalue weighted by atomic mass is 9.89. The number of nitrogens with one attached hydrogen (secondary N) is 1. The molecule has 0 aromatic carbocycles. The second-order valence-electron chi connectivity index (χ2n) is 3.80. The smallest absolute Gasteiger partial charge is 0.237 e. The lowest BCUT2D eigenvalue weighted by Gasteiger charge is -2.32. The maximum Gasteiger partial charge on any atom is 0.237 e. The number of hydrogen-bond donors (Lipinski definition) is 2. The van der Waals surface area contributed by atoms with Crippen LogP contribution in [0.2, 0.25) is 0 Å². The van der Waals surface area contributed by atoms with E-state index in [1.807, 2.05) is 13.0 Å². The van der Waals surface area contributed by atoms with Crippen molar-refractivity contribution in [1.29, 1.82) is 5.26 Å². The van der Waals surface area contributed by atoms with Crippen molar-refractivity contribution in [3.63, 3.8) is 0 Å². The average molecular weight is 196 g/mol. The van der Waals surface area contributed by atoms with Crippen LogP contribution in [0, 0.1) is 17.2 Å². The summed E-state index contributed by atoms with van der Waals surface area (Å²) < 4.78 is 0. The minimum absolute atomic E-state index is 0.0743. The van der Waals surface area contributed by atoms with Gasteiger partial charge >= 0.3 is 0 Å². The molecule has 1 aliphatic carbocycles. The van der Waals surface area contributed by atoms with Gasteiger partial charge in [0.15, 0.2) is 0 Å². The highest BCUT2D eigenvalue weighted by molar-refractivity contribution is 5.81. The minimum atomic E-state index is -0.530. The summed E-state index contributed by atoms with van der Waals surface area (Å²) >= 11 is 0. The second kappa shape index (κ2) is 4.97. The number of amides is 1. The number of carbonyl (C=O) groups excluding carboxylic acids is 1. The molecule has 0 heterocycles. The molecular formula is C10H16N2O2. The van der Waals surface area contributed by atoms with Gasteiger partial charge in [-0.3, -0.25) is 4.79 Å². The number of carbonyl (C=O) groups is 1. The van der Waals surface area contributed by atoms with Crippen LogP contribution in [0.15, 0.2) is 0 Å². The summed E-state index contributed by atoms with van der Waals surface area (Å²) in [4.78, 5) is 11.5. The highest BCUT2D eigenvalue weighted by Crippen LogP contribution is 2.20. The molecule has 1 fully saturated rings. The highest BCUT2D eigenvalue weighted by atomic mass is 16.3. The van der Waals surface area contributed by atoms with Gasteiger partial charge in [-0.05, 0) is 19.3 Å². The van der Waals surface area contributed by atoms with Gasteiger partial charge in [-0.25, -0.2) is 0 Å². The molecule has 1 rings (SSSR count). The summed E-state index contributed by atoms with van der Waals surface area (Å²) in [5.74, 6) is -0.719. The fourth-order valence-electron chi connectivity index (χ4n) is 1.55. The number of nitriles is 1. The molecule has 14 heavy (non-hydrogen) atoms. The number of aliphatic hydroxyl groups is 1. The molecule has 1 atom stereocenters. The van der Waals surface area contributed by atoms with Gasteiger partial charge in [0.25, 0.3) is 0 Å². The maximum absolute atomic E-state index is 11.5. The summed E-state index contributed by atoms with van der Waals surface area (Å²) in [5.41, 5.74) is 0. The topological polar surface area (TPSA) is 73.1 Å². The molecule has 0 radical (unpaired) electrons. The number of hydrogen-bond acceptors (Lipinski definition) is 3. The predicted molar refractivity (Wildman–Crippen MR) is 51.2 cm³/mol. The third kappa shape index (κ3) is 2.71. The van der Waals surface area contributed by atoms with Gasteiger partial charge < -0.3 is 10.4 Å². The van der Waals surface area contributed by atoms with Gasteiger partial charge in [0.2, 0.25) is 5.91 Å². The van der Waals surface area contributed by atoms with Gasteiger partial charge in [0.05, 0.1) is 12.2 Å². The Morgan fingerprint density at radius 1 is 1.71 bits per heavy atom. The summed E-state index contributed by atoms with van der Waals surface area (Å²) in [6.45, 7) is 1.95. The van der Waals surface area contributed by atoms with Gasteiger partial charge in [0, 0.05) is 6.04 Å². The number of rotatable bonds is 4. The van der Waals surface area contributed by atoms with E-state index in [2.05, 4.69) is 5.32 Å². The largest absolute Gasteiger partial charge is 0.393 e. The third-order valence-electron chi connectivity index (χ3n) is 2.51. The molecule has 0 spiro atoms. The Morgan fingerprint density at radius 2 is 2.36 bits per heavy atom. The molecular weight excluding hydrogens is 180 g/mol. The fraction of sp³-hybridized carbons (Fsp3) is 0.800. The van der Waals surface area contributed by atoms with Crippen LogP contribution in [0.3, 0.4) is 0 Å². The fourth-order valence-corrected chi connectivity index (χ4v) is 1.55. The molecule has 78 valence electrons. The van der Waals surface area contributed by atoms with Crippen molar-refractivity contribution in [3.05, 3.63) is 0 Å². The normalized spacial score (nSPS) is 27.2. The van der Waals surface area contributed by atoms with E-state index in [4.69, 9.17) is 10.4 Å². The van der Waals surface area contributed by atoms with Crippen molar-refractivity contribution in [3.8, 4) is 6.07 Å². The van der Waals surface area contributed by atoms with Crippen molar-refractivity contribution in [1.82, 2.24) is 5.32 Å². The molecule has 0 aromatic rings. The standard InChI is InChI=1S/C10H16N2O2/c1-2-3-7(6-11)10(14)12-8-4-9(13)5-8/h7-9,13H,2-5H2,1H3,(H,12,14). The van der Waals surface area contributed by atoms with Gasteiger partial charge in [0.1, 0.15) is 5.92 Å². The van der Waals surface area contributed by atoms with Gasteiger partial charge in [-0.2, -0.15) is 5.26 Å². The van der Waals surface area contributed by atoms with Crippen molar-refractivity contribution in [2.75, 3.05) is 0 Å². The molecule has 4 heteroatoms. The van der Waals surface area contributed by atoms with Crippen molar-refractivity contribution in [2.45, 2.75) is 44.8 Å². The van der Waals surface area contributed by atoms with Crippen LogP contribution in [0.25, 0.3) is 0 Å². The van der Waals surface area contributed by atoms with E-state index in [1.165, 1.54) is 0 Å². The molecule has 0 bridgehead atoms. The SMILES string of the molecule is CCCC(C#N)C(=O)NC1CC(O)C1. The molecule has 1 amide bonds. The molecule has 0 aliphatic heterocycles. The monoisotopic (exact) mass is 196 g/mol. The Kier molecular flexibility index (Phi) is 3.90. The molecule has 2 N–H and O–H groups in total. The number of aliphatic hydroxyl groups excluding tert-OH is 1. The maximum atomic E-state index is 11.5. The Morgan fingerprint density at radius 3 is 2.79 bits per heavy atom. The van der Waals surface area contributed by atoms with Crippen molar-refractivity contribution in [2.24, 2.45) is 5.92 Å². The molecule has 1 saturated carbocycles. The van der Waals surface area contributed by atoms with E-state index in [1.54, 1.807) is 0 Å². The van der Waals surface area contributed by atoms with Crippen molar-refractivity contribution >= 4 is 5.91 Å². The van der Waals surface area contributed by atoms with Crippen LogP contribution < -0.4 is 5.32 Å².